The number of aromatic nitrogens is 1. The molecule has 0 bridgehead atoms. The first kappa shape index (κ1) is 64.4. The van der Waals surface area contributed by atoms with Crippen LogP contribution >= 0.6 is 0 Å². The molecule has 7 amide bonds. The average molecular weight is 1070 g/mol. The van der Waals surface area contributed by atoms with Gasteiger partial charge in [0.2, 0.25) is 41.4 Å². The van der Waals surface area contributed by atoms with Crippen LogP contribution in [0.4, 0.5) is 0 Å². The number of carboxylic acids is 1. The van der Waals surface area contributed by atoms with E-state index in [0.717, 1.165) is 10.9 Å². The first-order chi connectivity index (χ1) is 35.6. The second-order valence-electron chi connectivity index (χ2n) is 20.0. The number of carbonyl (C=O) groups is 8. The molecule has 1 aromatic carbocycles. The Hall–Kier alpha value is -7.71. The maximum Gasteiger partial charge on any atom is 0.326 e. The van der Waals surface area contributed by atoms with Gasteiger partial charge in [0.15, 0.2) is 17.9 Å². The van der Waals surface area contributed by atoms with Crippen molar-refractivity contribution in [3.05, 3.63) is 36.0 Å². The first-order valence-electron chi connectivity index (χ1n) is 25.5. The number of benzene rings is 1. The van der Waals surface area contributed by atoms with Gasteiger partial charge in [0.25, 0.3) is 0 Å². The molecule has 1 heterocycles. The van der Waals surface area contributed by atoms with E-state index in [0.29, 0.717) is 5.56 Å². The van der Waals surface area contributed by atoms with E-state index in [1.807, 2.05) is 18.2 Å². The minimum Gasteiger partial charge on any atom is -0.480 e. The number of nitrogens with two attached hydrogens (primary N) is 7. The summed E-state index contributed by atoms with van der Waals surface area (Å²) < 4.78 is 0. The highest BCUT2D eigenvalue weighted by Gasteiger charge is 2.36. The summed E-state index contributed by atoms with van der Waals surface area (Å²) >= 11 is 0. The lowest BCUT2D eigenvalue weighted by molar-refractivity contribution is -0.144. The minimum absolute atomic E-state index is 0.0314. The average Bonchev–Trinajstić information content (AvgIpc) is 3.75. The predicted octanol–water partition coefficient (Wildman–Crippen LogP) is -2.70. The Morgan fingerprint density at radius 3 is 1.25 bits per heavy atom. The third-order valence-corrected chi connectivity index (χ3v) is 12.2. The Morgan fingerprint density at radius 1 is 0.487 bits per heavy atom. The van der Waals surface area contributed by atoms with Crippen molar-refractivity contribution in [3.8, 4) is 0 Å². The highest BCUT2D eigenvalue weighted by Crippen LogP contribution is 2.20. The highest BCUT2D eigenvalue weighted by atomic mass is 16.4. The maximum atomic E-state index is 14.7. The SMILES string of the molecule is CC(C)[C@H](N)C(=O)N[C@H](C(=O)N[C@@H](CCCN=C(N)N)C(=O)N[C@@H](CCCN=C(N)N)C(=O)N[C@@H](Cc1c[nH]c2ccccc12)C(=O)N[C@@H](CCCN=C(N)N)C(=O)N[C@H](C(=O)N[C@H](C(=O)O)C(C)C)C(C)C)C(C)C. The number of aliphatic imine (C=N–C) groups is 3. The van der Waals surface area contributed by atoms with Crippen molar-refractivity contribution in [3.63, 3.8) is 0 Å². The van der Waals surface area contributed by atoms with Gasteiger partial charge >= 0.3 is 5.97 Å². The van der Waals surface area contributed by atoms with E-state index >= 15 is 0 Å². The fraction of sp³-hybridized carbons (Fsp3) is 0.612. The lowest BCUT2D eigenvalue weighted by Crippen LogP contribution is -2.61. The first-order valence-corrected chi connectivity index (χ1v) is 25.5. The summed E-state index contributed by atoms with van der Waals surface area (Å²) in [5, 5.41) is 29.3. The number of aliphatic carboxylic acids is 1. The van der Waals surface area contributed by atoms with Gasteiger partial charge in [0.05, 0.1) is 6.04 Å². The van der Waals surface area contributed by atoms with Gasteiger partial charge in [-0.25, -0.2) is 4.79 Å². The van der Waals surface area contributed by atoms with E-state index in [1.165, 1.54) is 0 Å². The molecule has 0 aliphatic rings. The van der Waals surface area contributed by atoms with Crippen molar-refractivity contribution >= 4 is 76.1 Å². The Balaban J connectivity index is 2.67. The number of nitrogens with one attached hydrogen (secondary N) is 8. The van der Waals surface area contributed by atoms with Gasteiger partial charge in [0.1, 0.15) is 42.3 Å². The molecule has 27 heteroatoms. The largest absolute Gasteiger partial charge is 0.480 e. The molecule has 0 unspecified atom stereocenters. The molecule has 27 nitrogen and oxygen atoms in total. The summed E-state index contributed by atoms with van der Waals surface area (Å²) in [6, 6.07) is -2.83. The third kappa shape index (κ3) is 22.0. The van der Waals surface area contributed by atoms with Crippen molar-refractivity contribution in [1.29, 1.82) is 0 Å². The number of aromatic amines is 1. The topological polar surface area (TPSA) is 476 Å². The zero-order valence-corrected chi connectivity index (χ0v) is 45.0. The second kappa shape index (κ2) is 31.9. The lowest BCUT2D eigenvalue weighted by atomic mass is 9.99. The van der Waals surface area contributed by atoms with Crippen LogP contribution in [-0.2, 0) is 44.8 Å². The normalized spacial score (nSPS) is 14.4. The molecule has 0 saturated heterocycles. The third-order valence-electron chi connectivity index (χ3n) is 12.2. The van der Waals surface area contributed by atoms with E-state index < -0.39 is 113 Å². The second-order valence-corrected chi connectivity index (χ2v) is 20.0. The Kier molecular flexibility index (Phi) is 27.0. The van der Waals surface area contributed by atoms with Crippen molar-refractivity contribution in [2.45, 2.75) is 149 Å². The van der Waals surface area contributed by atoms with Crippen LogP contribution in [0.1, 0.15) is 99.5 Å². The van der Waals surface area contributed by atoms with Crippen molar-refractivity contribution in [1.82, 2.24) is 42.2 Å². The van der Waals surface area contributed by atoms with E-state index in [2.05, 4.69) is 57.2 Å². The number of fused-ring (bicyclic) bond motifs is 1. The van der Waals surface area contributed by atoms with Crippen LogP contribution in [0.25, 0.3) is 10.9 Å². The summed E-state index contributed by atoms with van der Waals surface area (Å²) in [5.74, 6) is -8.98. The molecule has 2 rings (SSSR count). The molecule has 0 saturated carbocycles. The summed E-state index contributed by atoms with van der Waals surface area (Å²) in [7, 11) is 0. The van der Waals surface area contributed by atoms with Crippen molar-refractivity contribution in [2.75, 3.05) is 19.6 Å². The molecular weight excluding hydrogens is 985 g/mol. The fourth-order valence-corrected chi connectivity index (χ4v) is 7.76. The molecule has 23 N–H and O–H groups in total. The van der Waals surface area contributed by atoms with Crippen LogP contribution in [0, 0.1) is 23.7 Å². The van der Waals surface area contributed by atoms with E-state index in [1.54, 1.807) is 67.7 Å². The van der Waals surface area contributed by atoms with Gasteiger partial charge in [-0.15, -0.1) is 0 Å². The summed E-state index contributed by atoms with van der Waals surface area (Å²) in [6.45, 7) is 13.6. The Morgan fingerprint density at radius 2 is 0.842 bits per heavy atom. The molecule has 0 aliphatic heterocycles. The molecule has 424 valence electrons. The van der Waals surface area contributed by atoms with Gasteiger partial charge in [-0.3, -0.25) is 48.5 Å². The molecule has 0 aliphatic carbocycles. The number of para-hydroxylation sites is 1. The lowest BCUT2D eigenvalue weighted by Gasteiger charge is -2.29. The summed E-state index contributed by atoms with van der Waals surface area (Å²) in [4.78, 5) is 126. The maximum absolute atomic E-state index is 14.7. The van der Waals surface area contributed by atoms with Crippen LogP contribution in [0.3, 0.4) is 0 Å². The molecular formula is C49H84N18O9. The molecule has 0 spiro atoms. The van der Waals surface area contributed by atoms with Gasteiger partial charge in [-0.1, -0.05) is 73.6 Å². The smallest absolute Gasteiger partial charge is 0.326 e. The number of H-pyrrole nitrogens is 1. The predicted molar refractivity (Wildman–Crippen MR) is 290 cm³/mol. The van der Waals surface area contributed by atoms with Crippen LogP contribution in [0.15, 0.2) is 45.4 Å². The number of rotatable bonds is 33. The Bertz CT molecular complexity index is 2360. The standard InChI is InChI=1S/C49H84N18O9/c1-24(2)35(50)43(72)66-36(25(3)4)44(73)63-32(17-12-20-58-48(53)54)39(68)61-31(16-11-19-57-47(51)52)40(69)64-34(22-28-23-60-30-15-10-9-14-29(28)30)42(71)62-33(18-13-21-59-49(55)56)41(70)65-37(26(5)6)45(74)67-38(27(7)8)46(75)76/h9-10,14-15,23-27,31-38,60H,11-13,16-22,50H2,1-8H3,(H,61,68)(H,62,71)(H,63,73)(H,64,69)(H,65,70)(H,66,72)(H,67,74)(H,75,76)(H4,51,52,57)(H4,53,54,58)(H4,55,56,59)/t31-,32-,33-,34-,35-,36-,37-,38-/m0/s1. The van der Waals surface area contributed by atoms with Crippen LogP contribution in [-0.4, -0.2) is 143 Å². The number of hydrogen-bond donors (Lipinski definition) is 16. The van der Waals surface area contributed by atoms with E-state index in [9.17, 15) is 43.5 Å². The molecule has 2 aromatic rings. The van der Waals surface area contributed by atoms with Gasteiger partial charge < -0.3 is 87.4 Å². The number of amides is 7. The fourth-order valence-electron chi connectivity index (χ4n) is 7.76. The van der Waals surface area contributed by atoms with E-state index in [-0.39, 0.29) is 88.4 Å². The van der Waals surface area contributed by atoms with Crippen LogP contribution in [0.2, 0.25) is 0 Å². The zero-order chi connectivity index (χ0) is 57.4. The van der Waals surface area contributed by atoms with Gasteiger partial charge in [0, 0.05) is 43.2 Å². The minimum atomic E-state index is -1.44. The van der Waals surface area contributed by atoms with Crippen LogP contribution < -0.4 is 77.4 Å². The molecule has 1 aromatic heterocycles. The van der Waals surface area contributed by atoms with E-state index in [4.69, 9.17) is 40.1 Å². The van der Waals surface area contributed by atoms with Crippen molar-refractivity contribution in [2.24, 2.45) is 78.8 Å². The molecule has 0 radical (unpaired) electrons. The van der Waals surface area contributed by atoms with Gasteiger partial charge in [-0.2, -0.15) is 0 Å². The van der Waals surface area contributed by atoms with Crippen molar-refractivity contribution < 1.29 is 43.5 Å². The highest BCUT2D eigenvalue weighted by molar-refractivity contribution is 5.98. The summed E-state index contributed by atoms with van der Waals surface area (Å²) in [5.41, 5.74) is 40.7. The number of guanidine groups is 3. The zero-order valence-electron chi connectivity index (χ0n) is 45.0. The molecule has 8 atom stereocenters. The number of carbonyl (C=O) groups excluding carboxylic acids is 7. The Labute approximate surface area is 443 Å². The number of carboxylic acid groups (broad SMARTS) is 1. The quantitative estimate of drug-likeness (QED) is 0.0196. The molecule has 0 fully saturated rings. The van der Waals surface area contributed by atoms with Gasteiger partial charge in [-0.05, 0) is 73.8 Å². The summed E-state index contributed by atoms with van der Waals surface area (Å²) in [6.07, 6.45) is 1.82. The van der Waals surface area contributed by atoms with Crippen LogP contribution in [0.5, 0.6) is 0 Å². The number of hydrogen-bond acceptors (Lipinski definition) is 12. The molecule has 76 heavy (non-hydrogen) atoms. The monoisotopic (exact) mass is 1070 g/mol. The number of nitrogens with zero attached hydrogens (tertiary/aromatic N) is 3.